The van der Waals surface area contributed by atoms with Crippen molar-refractivity contribution in [3.63, 3.8) is 0 Å². The molecular formula is C17H37N3. The quantitative estimate of drug-likeness (QED) is 0.282. The lowest BCUT2D eigenvalue weighted by Crippen LogP contribution is -2.32. The summed E-state index contributed by atoms with van der Waals surface area (Å²) in [5.74, 6) is 1.01. The average Bonchev–Trinajstić information content (AvgIpc) is 2.38. The van der Waals surface area contributed by atoms with Gasteiger partial charge in [0.25, 0.3) is 0 Å². The highest BCUT2D eigenvalue weighted by Gasteiger charge is 2.07. The molecule has 0 fully saturated rings. The number of rotatable bonds is 14. The molecule has 0 rings (SSSR count). The van der Waals surface area contributed by atoms with E-state index in [0.29, 0.717) is 18.2 Å². The third-order valence-corrected chi connectivity index (χ3v) is 3.65. The van der Waals surface area contributed by atoms with Gasteiger partial charge in [-0.1, -0.05) is 65.7 Å². The van der Waals surface area contributed by atoms with Crippen molar-refractivity contribution in [1.82, 2.24) is 4.90 Å². The number of unbranched alkanes of at least 4 members (excludes halogenated alkanes) is 7. The Morgan fingerprint density at radius 1 is 0.950 bits per heavy atom. The second-order valence-electron chi connectivity index (χ2n) is 6.44. The van der Waals surface area contributed by atoms with E-state index in [0.717, 1.165) is 13.1 Å². The monoisotopic (exact) mass is 283 g/mol. The van der Waals surface area contributed by atoms with Gasteiger partial charge in [-0.15, -0.1) is 0 Å². The summed E-state index contributed by atoms with van der Waals surface area (Å²) in [7, 11) is 0. The average molecular weight is 284 g/mol. The number of hydrogen-bond donors (Lipinski definition) is 2. The van der Waals surface area contributed by atoms with E-state index < -0.39 is 0 Å². The second kappa shape index (κ2) is 13.4. The van der Waals surface area contributed by atoms with Crippen LogP contribution in [0.3, 0.4) is 0 Å². The summed E-state index contributed by atoms with van der Waals surface area (Å²) in [6.45, 7) is 10.0. The molecule has 0 heterocycles. The van der Waals surface area contributed by atoms with Gasteiger partial charge in [0, 0.05) is 19.5 Å². The Morgan fingerprint density at radius 2 is 1.50 bits per heavy atom. The molecule has 0 aliphatic rings. The van der Waals surface area contributed by atoms with E-state index in [1.54, 1.807) is 0 Å². The van der Waals surface area contributed by atoms with Crippen molar-refractivity contribution in [2.75, 3.05) is 19.6 Å². The van der Waals surface area contributed by atoms with Gasteiger partial charge in [0.1, 0.15) is 0 Å². The zero-order valence-electron chi connectivity index (χ0n) is 14.1. The Morgan fingerprint density at radius 3 is 2.00 bits per heavy atom. The van der Waals surface area contributed by atoms with Crippen LogP contribution in [0.5, 0.6) is 0 Å². The molecule has 0 saturated heterocycles. The third-order valence-electron chi connectivity index (χ3n) is 3.65. The highest BCUT2D eigenvalue weighted by molar-refractivity contribution is 5.76. The highest BCUT2D eigenvalue weighted by Crippen LogP contribution is 2.09. The standard InChI is InChI=1S/C17H37N3/c1-4-5-6-7-8-9-10-11-13-20(15-16(2)3)14-12-17(18)19/h16H,4-15H2,1-3H3,(H3,18,19). The number of amidine groups is 1. The van der Waals surface area contributed by atoms with Gasteiger partial charge in [0.05, 0.1) is 5.84 Å². The van der Waals surface area contributed by atoms with Crippen LogP contribution in [0.4, 0.5) is 0 Å². The Kier molecular flexibility index (Phi) is 13.0. The molecule has 20 heavy (non-hydrogen) atoms. The van der Waals surface area contributed by atoms with Gasteiger partial charge in [-0.3, -0.25) is 5.41 Å². The zero-order chi connectivity index (χ0) is 15.2. The summed E-state index contributed by atoms with van der Waals surface area (Å²) in [4.78, 5) is 2.48. The van der Waals surface area contributed by atoms with E-state index >= 15 is 0 Å². The van der Waals surface area contributed by atoms with Gasteiger partial charge in [-0.25, -0.2) is 0 Å². The number of nitrogens with one attached hydrogen (secondary N) is 1. The largest absolute Gasteiger partial charge is 0.388 e. The molecule has 3 nitrogen and oxygen atoms in total. The van der Waals surface area contributed by atoms with E-state index in [1.165, 1.54) is 57.9 Å². The molecule has 3 N–H and O–H groups in total. The van der Waals surface area contributed by atoms with Gasteiger partial charge in [0.2, 0.25) is 0 Å². The molecule has 0 aliphatic carbocycles. The summed E-state index contributed by atoms with van der Waals surface area (Å²) in [6, 6.07) is 0. The van der Waals surface area contributed by atoms with Crippen LogP contribution in [0.2, 0.25) is 0 Å². The molecule has 0 aromatic carbocycles. The predicted octanol–water partition coefficient (Wildman–Crippen LogP) is 4.41. The maximum absolute atomic E-state index is 7.34. The lowest BCUT2D eigenvalue weighted by molar-refractivity contribution is 0.244. The fourth-order valence-electron chi connectivity index (χ4n) is 2.56. The molecule has 0 atom stereocenters. The first-order chi connectivity index (χ1) is 9.56. The molecule has 0 aliphatic heterocycles. The van der Waals surface area contributed by atoms with E-state index in [-0.39, 0.29) is 0 Å². The van der Waals surface area contributed by atoms with Crippen LogP contribution in [-0.2, 0) is 0 Å². The van der Waals surface area contributed by atoms with Crippen LogP contribution < -0.4 is 5.73 Å². The minimum atomic E-state index is 0.315. The Bertz CT molecular complexity index is 226. The molecular weight excluding hydrogens is 246 g/mol. The highest BCUT2D eigenvalue weighted by atomic mass is 15.1. The minimum Gasteiger partial charge on any atom is -0.388 e. The molecule has 0 bridgehead atoms. The van der Waals surface area contributed by atoms with Crippen molar-refractivity contribution in [3.8, 4) is 0 Å². The lowest BCUT2D eigenvalue weighted by Gasteiger charge is -2.24. The topological polar surface area (TPSA) is 53.1 Å². The maximum Gasteiger partial charge on any atom is 0.0918 e. The summed E-state index contributed by atoms with van der Waals surface area (Å²) in [5.41, 5.74) is 5.46. The molecule has 3 heteroatoms. The number of nitrogens with zero attached hydrogens (tertiary/aromatic N) is 1. The van der Waals surface area contributed by atoms with Crippen molar-refractivity contribution in [3.05, 3.63) is 0 Å². The molecule has 0 aromatic heterocycles. The van der Waals surface area contributed by atoms with Gasteiger partial charge in [-0.2, -0.15) is 0 Å². The summed E-state index contributed by atoms with van der Waals surface area (Å²) >= 11 is 0. The molecule has 0 unspecified atom stereocenters. The van der Waals surface area contributed by atoms with Crippen molar-refractivity contribution in [2.24, 2.45) is 11.7 Å². The molecule has 0 radical (unpaired) electrons. The maximum atomic E-state index is 7.34. The lowest BCUT2D eigenvalue weighted by atomic mass is 10.1. The van der Waals surface area contributed by atoms with Crippen molar-refractivity contribution < 1.29 is 0 Å². The van der Waals surface area contributed by atoms with Gasteiger partial charge in [-0.05, 0) is 18.9 Å². The Balaban J connectivity index is 3.60. The Hall–Kier alpha value is -0.570. The summed E-state index contributed by atoms with van der Waals surface area (Å²) in [6.07, 6.45) is 11.7. The zero-order valence-corrected chi connectivity index (χ0v) is 14.1. The SMILES string of the molecule is CCCCCCCCCCN(CCC(=N)N)CC(C)C. The first-order valence-corrected chi connectivity index (χ1v) is 8.61. The van der Waals surface area contributed by atoms with E-state index in [9.17, 15) is 0 Å². The minimum absolute atomic E-state index is 0.315. The van der Waals surface area contributed by atoms with Gasteiger partial charge >= 0.3 is 0 Å². The van der Waals surface area contributed by atoms with Crippen LogP contribution in [0.15, 0.2) is 0 Å². The smallest absolute Gasteiger partial charge is 0.0918 e. The van der Waals surface area contributed by atoms with E-state index in [1.807, 2.05) is 0 Å². The molecule has 120 valence electrons. The fraction of sp³-hybridized carbons (Fsp3) is 0.941. The van der Waals surface area contributed by atoms with E-state index in [4.69, 9.17) is 11.1 Å². The number of hydrogen-bond acceptors (Lipinski definition) is 2. The van der Waals surface area contributed by atoms with Crippen LogP contribution in [-0.4, -0.2) is 30.4 Å². The fourth-order valence-corrected chi connectivity index (χ4v) is 2.56. The van der Waals surface area contributed by atoms with Crippen LogP contribution in [0, 0.1) is 11.3 Å². The molecule has 0 aromatic rings. The summed E-state index contributed by atoms with van der Waals surface area (Å²) in [5, 5.41) is 7.34. The van der Waals surface area contributed by atoms with Gasteiger partial charge < -0.3 is 10.6 Å². The molecule has 0 spiro atoms. The van der Waals surface area contributed by atoms with Crippen molar-refractivity contribution >= 4 is 5.84 Å². The normalized spacial score (nSPS) is 11.4. The summed E-state index contributed by atoms with van der Waals surface area (Å²) < 4.78 is 0. The van der Waals surface area contributed by atoms with Crippen LogP contribution >= 0.6 is 0 Å². The number of nitrogens with two attached hydrogens (primary N) is 1. The van der Waals surface area contributed by atoms with Crippen molar-refractivity contribution in [1.29, 1.82) is 5.41 Å². The predicted molar refractivity (Wildman–Crippen MR) is 90.4 cm³/mol. The van der Waals surface area contributed by atoms with Crippen LogP contribution in [0.25, 0.3) is 0 Å². The van der Waals surface area contributed by atoms with Crippen LogP contribution in [0.1, 0.15) is 78.6 Å². The Labute approximate surface area is 126 Å². The molecule has 0 saturated carbocycles. The third kappa shape index (κ3) is 13.9. The van der Waals surface area contributed by atoms with Crippen molar-refractivity contribution in [2.45, 2.75) is 78.6 Å². The first-order valence-electron chi connectivity index (χ1n) is 8.61. The second-order valence-corrected chi connectivity index (χ2v) is 6.44. The van der Waals surface area contributed by atoms with E-state index in [2.05, 4.69) is 25.7 Å². The first kappa shape index (κ1) is 19.4. The van der Waals surface area contributed by atoms with Gasteiger partial charge in [0.15, 0.2) is 0 Å². The molecule has 0 amide bonds.